The number of alkyl halides is 1. The molecule has 3 heteroatoms. The van der Waals surface area contributed by atoms with Gasteiger partial charge in [-0.1, -0.05) is 20.8 Å². The van der Waals surface area contributed by atoms with Crippen molar-refractivity contribution in [2.45, 2.75) is 24.9 Å². The highest BCUT2D eigenvalue weighted by Crippen LogP contribution is 2.18. The second kappa shape index (κ2) is 2.96. The number of aliphatic hydroxyl groups is 1. The summed E-state index contributed by atoms with van der Waals surface area (Å²) in [7, 11) is 0. The first kappa shape index (κ1) is 9.36. The first-order valence-corrected chi connectivity index (χ1v) is 3.96. The highest BCUT2D eigenvalue weighted by Gasteiger charge is 2.25. The number of hydrogen-bond acceptors (Lipinski definition) is 2. The first-order chi connectivity index (χ1) is 3.85. The van der Waals surface area contributed by atoms with Gasteiger partial charge in [-0.05, 0) is 22.6 Å². The number of carbonyl (C=O) groups excluding carboxylic acids is 1. The van der Waals surface area contributed by atoms with E-state index >= 15 is 0 Å². The monoisotopic (exact) mass is 242 g/mol. The van der Waals surface area contributed by atoms with Crippen LogP contribution >= 0.6 is 22.6 Å². The molecule has 0 rings (SSSR count). The third-order valence-corrected chi connectivity index (χ3v) is 1.52. The molecule has 0 radical (unpaired) electrons. The van der Waals surface area contributed by atoms with E-state index in [9.17, 15) is 4.79 Å². The van der Waals surface area contributed by atoms with Gasteiger partial charge in [0, 0.05) is 5.41 Å². The van der Waals surface area contributed by atoms with E-state index in [1.807, 2.05) is 0 Å². The average molecular weight is 242 g/mol. The van der Waals surface area contributed by atoms with Crippen LogP contribution in [0.2, 0.25) is 0 Å². The van der Waals surface area contributed by atoms with E-state index in [1.54, 1.807) is 43.4 Å². The molecule has 0 fully saturated rings. The lowest BCUT2D eigenvalue weighted by Gasteiger charge is -2.16. The van der Waals surface area contributed by atoms with Crippen molar-refractivity contribution < 1.29 is 9.90 Å². The Morgan fingerprint density at radius 3 is 1.89 bits per heavy atom. The van der Waals surface area contributed by atoms with Crippen LogP contribution in [0.15, 0.2) is 0 Å². The maximum atomic E-state index is 10.9. The van der Waals surface area contributed by atoms with Gasteiger partial charge >= 0.3 is 0 Å². The summed E-state index contributed by atoms with van der Waals surface area (Å²) < 4.78 is -0.859. The van der Waals surface area contributed by atoms with Gasteiger partial charge in [0.2, 0.25) is 0 Å². The lowest BCUT2D eigenvalue weighted by Crippen LogP contribution is -2.28. The van der Waals surface area contributed by atoms with E-state index in [4.69, 9.17) is 5.11 Å². The van der Waals surface area contributed by atoms with Crippen molar-refractivity contribution >= 4 is 28.4 Å². The second-order valence-corrected chi connectivity index (χ2v) is 4.13. The Bertz CT molecular complexity index is 113. The van der Waals surface area contributed by atoms with E-state index < -0.39 is 9.53 Å². The van der Waals surface area contributed by atoms with Crippen molar-refractivity contribution in [2.24, 2.45) is 5.41 Å². The van der Waals surface area contributed by atoms with Gasteiger partial charge in [0.15, 0.2) is 9.89 Å². The van der Waals surface area contributed by atoms with Crippen LogP contribution in [0.5, 0.6) is 0 Å². The van der Waals surface area contributed by atoms with Crippen LogP contribution in [-0.4, -0.2) is 15.0 Å². The molecule has 0 spiro atoms. The van der Waals surface area contributed by atoms with Crippen LogP contribution in [0.25, 0.3) is 0 Å². The van der Waals surface area contributed by atoms with Crippen molar-refractivity contribution in [3.05, 3.63) is 0 Å². The van der Waals surface area contributed by atoms with Crippen LogP contribution in [0.3, 0.4) is 0 Å². The Morgan fingerprint density at radius 2 is 1.89 bits per heavy atom. The minimum Gasteiger partial charge on any atom is -0.375 e. The molecule has 0 saturated carbocycles. The molecule has 0 heterocycles. The Morgan fingerprint density at radius 1 is 1.56 bits per heavy atom. The molecule has 1 N–H and O–H groups in total. The number of ketones is 1. The normalized spacial score (nSPS) is 15.2. The molecular formula is C6H11IO2. The second-order valence-electron chi connectivity index (χ2n) is 2.95. The molecule has 9 heavy (non-hydrogen) atoms. The van der Waals surface area contributed by atoms with Crippen molar-refractivity contribution in [1.82, 2.24) is 0 Å². The summed E-state index contributed by atoms with van der Waals surface area (Å²) in [6, 6.07) is 0. The predicted octanol–water partition coefficient (Wildman–Crippen LogP) is 1.35. The Hall–Kier alpha value is 0.360. The summed E-state index contributed by atoms with van der Waals surface area (Å²) in [6.07, 6.45) is 0. The largest absolute Gasteiger partial charge is 0.375 e. The molecule has 1 unspecified atom stereocenters. The third-order valence-electron chi connectivity index (χ3n) is 0.956. The van der Waals surface area contributed by atoms with E-state index in [1.165, 1.54) is 0 Å². The molecule has 0 aliphatic carbocycles. The van der Waals surface area contributed by atoms with Gasteiger partial charge in [-0.15, -0.1) is 0 Å². The van der Waals surface area contributed by atoms with Crippen molar-refractivity contribution in [3.63, 3.8) is 0 Å². The Kier molecular flexibility index (Phi) is 3.08. The molecule has 2 nitrogen and oxygen atoms in total. The number of carbonyl (C=O) groups is 1. The minimum atomic E-state index is -0.859. The fraction of sp³-hybridized carbons (Fsp3) is 0.833. The SMILES string of the molecule is CC(C)(C)C(=O)C(O)I. The zero-order chi connectivity index (χ0) is 7.65. The smallest absolute Gasteiger partial charge is 0.176 e. The van der Waals surface area contributed by atoms with E-state index in [0.29, 0.717) is 0 Å². The summed E-state index contributed by atoms with van der Waals surface area (Å²) in [4.78, 5) is 10.9. The van der Waals surface area contributed by atoms with Crippen molar-refractivity contribution in [1.29, 1.82) is 0 Å². The van der Waals surface area contributed by atoms with Crippen molar-refractivity contribution in [2.75, 3.05) is 0 Å². The average Bonchev–Trinajstić information content (AvgIpc) is 1.62. The van der Waals surface area contributed by atoms with Crippen LogP contribution in [-0.2, 0) is 4.79 Å². The molecule has 0 aliphatic heterocycles. The predicted molar refractivity (Wildman–Crippen MR) is 44.5 cm³/mol. The standard InChI is InChI=1S/C6H11IO2/c1-6(2,3)4(8)5(7)9/h5,9H,1-3H3. The molecule has 1 atom stereocenters. The molecule has 0 aromatic rings. The maximum absolute atomic E-state index is 10.9. The lowest BCUT2D eigenvalue weighted by molar-refractivity contribution is -0.130. The number of Topliss-reactive ketones (excluding diaryl/α,β-unsaturated/α-hetero) is 1. The number of aliphatic hydroxyl groups excluding tert-OH is 1. The summed E-state index contributed by atoms with van der Waals surface area (Å²) in [5.74, 6) is -0.122. The quantitative estimate of drug-likeness (QED) is 0.556. The maximum Gasteiger partial charge on any atom is 0.176 e. The van der Waals surface area contributed by atoms with Gasteiger partial charge in [0.25, 0.3) is 0 Å². The fourth-order valence-corrected chi connectivity index (χ4v) is 1.29. The summed E-state index contributed by atoms with van der Waals surface area (Å²) in [5, 5.41) is 8.79. The number of rotatable bonds is 1. The van der Waals surface area contributed by atoms with Gasteiger partial charge in [0.1, 0.15) is 0 Å². The van der Waals surface area contributed by atoms with E-state index in [0.717, 1.165) is 0 Å². The first-order valence-electron chi connectivity index (χ1n) is 2.72. The van der Waals surface area contributed by atoms with Crippen molar-refractivity contribution in [3.8, 4) is 0 Å². The van der Waals surface area contributed by atoms with Crippen LogP contribution in [0.4, 0.5) is 0 Å². The van der Waals surface area contributed by atoms with Gasteiger partial charge in [0.05, 0.1) is 0 Å². The van der Waals surface area contributed by atoms with Crippen LogP contribution < -0.4 is 0 Å². The molecule has 0 saturated heterocycles. The third kappa shape index (κ3) is 3.15. The minimum absolute atomic E-state index is 0.122. The molecule has 0 bridgehead atoms. The number of hydrogen-bond donors (Lipinski definition) is 1. The molecule has 54 valence electrons. The molecular weight excluding hydrogens is 231 g/mol. The summed E-state index contributed by atoms with van der Waals surface area (Å²) >= 11 is 1.70. The van der Waals surface area contributed by atoms with E-state index in [2.05, 4.69) is 0 Å². The molecule has 0 aromatic heterocycles. The summed E-state index contributed by atoms with van der Waals surface area (Å²) in [6.45, 7) is 5.37. The Balaban J connectivity index is 4.06. The van der Waals surface area contributed by atoms with Gasteiger partial charge < -0.3 is 5.11 Å². The molecule has 0 amide bonds. The van der Waals surface area contributed by atoms with E-state index in [-0.39, 0.29) is 5.78 Å². The highest BCUT2D eigenvalue weighted by atomic mass is 127. The highest BCUT2D eigenvalue weighted by molar-refractivity contribution is 14.1. The zero-order valence-electron chi connectivity index (χ0n) is 5.81. The molecule has 0 aliphatic rings. The Labute approximate surface area is 68.8 Å². The van der Waals surface area contributed by atoms with Gasteiger partial charge in [-0.2, -0.15) is 0 Å². The lowest BCUT2D eigenvalue weighted by atomic mass is 9.91. The van der Waals surface area contributed by atoms with Gasteiger partial charge in [-0.3, -0.25) is 4.79 Å². The van der Waals surface area contributed by atoms with Crippen LogP contribution in [0.1, 0.15) is 20.8 Å². The number of halogens is 1. The molecule has 0 aromatic carbocycles. The van der Waals surface area contributed by atoms with Gasteiger partial charge in [-0.25, -0.2) is 0 Å². The fourth-order valence-electron chi connectivity index (χ4n) is 0.357. The van der Waals surface area contributed by atoms with Crippen LogP contribution in [0, 0.1) is 5.41 Å². The summed E-state index contributed by atoms with van der Waals surface area (Å²) in [5.41, 5.74) is -0.416. The zero-order valence-corrected chi connectivity index (χ0v) is 7.97. The topological polar surface area (TPSA) is 37.3 Å².